The second-order valence-electron chi connectivity index (χ2n) is 7.27. The topological polar surface area (TPSA) is 84.4 Å². The minimum absolute atomic E-state index is 0.0704. The van der Waals surface area contributed by atoms with E-state index in [1.807, 2.05) is 18.7 Å². The van der Waals surface area contributed by atoms with Crippen molar-refractivity contribution < 1.29 is 18.1 Å². The van der Waals surface area contributed by atoms with Gasteiger partial charge in [-0.2, -0.15) is 0 Å². The Balaban J connectivity index is 1.39. The molecule has 1 aliphatic carbocycles. The average Bonchev–Trinajstić information content (AvgIpc) is 3.10. The molecule has 0 bridgehead atoms. The van der Waals surface area contributed by atoms with E-state index in [9.17, 15) is 9.18 Å². The number of halogens is 1. The summed E-state index contributed by atoms with van der Waals surface area (Å²) < 4.78 is 24.6. The Hall–Kier alpha value is -2.22. The van der Waals surface area contributed by atoms with Crippen LogP contribution in [0.2, 0.25) is 0 Å². The molecule has 2 atom stereocenters. The zero-order chi connectivity index (χ0) is 18.3. The van der Waals surface area contributed by atoms with Gasteiger partial charge in [0, 0.05) is 37.2 Å². The number of carbonyl (C=O) groups is 1. The molecule has 8 heteroatoms. The highest BCUT2D eigenvalue weighted by atomic mass is 19.1. The number of aryl methyl sites for hydroxylation is 2. The van der Waals surface area contributed by atoms with Crippen molar-refractivity contribution in [3.63, 3.8) is 0 Å². The summed E-state index contributed by atoms with van der Waals surface area (Å²) in [6, 6.07) is -0.0704. The van der Waals surface area contributed by atoms with Crippen LogP contribution in [0.4, 0.5) is 4.39 Å². The van der Waals surface area contributed by atoms with E-state index in [4.69, 9.17) is 8.94 Å². The summed E-state index contributed by atoms with van der Waals surface area (Å²) in [5, 5.41) is 6.86. The number of nitrogens with one attached hydrogen (secondary N) is 1. The van der Waals surface area contributed by atoms with Gasteiger partial charge >= 0.3 is 0 Å². The fourth-order valence-electron chi connectivity index (χ4n) is 3.61. The van der Waals surface area contributed by atoms with Crippen LogP contribution < -0.4 is 5.32 Å². The van der Waals surface area contributed by atoms with E-state index in [-0.39, 0.29) is 11.9 Å². The molecule has 0 aromatic carbocycles. The first-order valence-corrected chi connectivity index (χ1v) is 9.04. The molecule has 7 nitrogen and oxygen atoms in total. The van der Waals surface area contributed by atoms with Gasteiger partial charge < -0.3 is 14.3 Å². The Morgan fingerprint density at radius 3 is 2.92 bits per heavy atom. The lowest BCUT2D eigenvalue weighted by molar-refractivity contribution is 0.0933. The molecular weight excluding hydrogens is 339 g/mol. The van der Waals surface area contributed by atoms with Crippen molar-refractivity contribution in [2.24, 2.45) is 0 Å². The third kappa shape index (κ3) is 3.38. The molecule has 2 aromatic heterocycles. The van der Waals surface area contributed by atoms with Crippen molar-refractivity contribution in [3.8, 4) is 0 Å². The van der Waals surface area contributed by atoms with Gasteiger partial charge in [-0.15, -0.1) is 0 Å². The lowest BCUT2D eigenvalue weighted by atomic mass is 10.1. The van der Waals surface area contributed by atoms with Crippen LogP contribution >= 0.6 is 0 Å². The number of rotatable bonds is 6. The summed E-state index contributed by atoms with van der Waals surface area (Å²) in [5.41, 5.74) is 2.17. The van der Waals surface area contributed by atoms with Crippen molar-refractivity contribution in [1.29, 1.82) is 0 Å². The first-order valence-electron chi connectivity index (χ1n) is 9.04. The lowest BCUT2D eigenvalue weighted by Crippen LogP contribution is -2.40. The average molecular weight is 362 g/mol. The molecule has 1 saturated carbocycles. The fraction of sp³-hybridized carbons (Fsp3) is 0.611. The van der Waals surface area contributed by atoms with Crippen LogP contribution in [0.15, 0.2) is 15.3 Å². The highest BCUT2D eigenvalue weighted by molar-refractivity contribution is 5.93. The van der Waals surface area contributed by atoms with E-state index in [0.29, 0.717) is 43.4 Å². The van der Waals surface area contributed by atoms with Crippen LogP contribution in [0.3, 0.4) is 0 Å². The highest BCUT2D eigenvalue weighted by Crippen LogP contribution is 2.41. The monoisotopic (exact) mass is 362 g/mol. The normalized spacial score (nSPS) is 23.5. The standard InChI is InChI=1S/C18H23FN4O3/c1-10-15(11(2)26-22-10)8-23-7-13(19)5-14(23)6-20-18(24)16-17(12-3-4-12)25-9-21-16/h9,12-14H,3-8H2,1-2H3,(H,20,24)/t13-,14-/m0/s1. The van der Waals surface area contributed by atoms with Crippen LogP contribution in [0.5, 0.6) is 0 Å². The molecule has 1 saturated heterocycles. The molecule has 1 aliphatic heterocycles. The number of carbonyl (C=O) groups excluding carboxylic acids is 1. The first-order chi connectivity index (χ1) is 12.5. The molecule has 4 rings (SSSR count). The predicted molar refractivity (Wildman–Crippen MR) is 90.5 cm³/mol. The Morgan fingerprint density at radius 2 is 2.23 bits per heavy atom. The summed E-state index contributed by atoms with van der Waals surface area (Å²) in [4.78, 5) is 18.6. The van der Waals surface area contributed by atoms with Gasteiger partial charge in [-0.05, 0) is 33.1 Å². The van der Waals surface area contributed by atoms with E-state index in [1.165, 1.54) is 6.39 Å². The summed E-state index contributed by atoms with van der Waals surface area (Å²) in [7, 11) is 0. The SMILES string of the molecule is Cc1noc(C)c1CN1C[C@@H](F)C[C@H]1CNC(=O)c1ncoc1C1CC1. The molecule has 140 valence electrons. The molecule has 1 N–H and O–H groups in total. The number of amides is 1. The Labute approximate surface area is 150 Å². The van der Waals surface area contributed by atoms with E-state index >= 15 is 0 Å². The van der Waals surface area contributed by atoms with Crippen molar-refractivity contribution in [2.45, 2.75) is 57.8 Å². The van der Waals surface area contributed by atoms with Crippen molar-refractivity contribution >= 4 is 5.91 Å². The zero-order valence-electron chi connectivity index (χ0n) is 15.0. The van der Waals surface area contributed by atoms with Gasteiger partial charge in [0.15, 0.2) is 12.1 Å². The summed E-state index contributed by atoms with van der Waals surface area (Å²) in [6.07, 6.45) is 2.89. The lowest BCUT2D eigenvalue weighted by Gasteiger charge is -2.24. The van der Waals surface area contributed by atoms with Gasteiger partial charge in [0.25, 0.3) is 5.91 Å². The van der Waals surface area contributed by atoms with Crippen molar-refractivity contribution in [2.75, 3.05) is 13.1 Å². The number of alkyl halides is 1. The van der Waals surface area contributed by atoms with Gasteiger partial charge in [0.1, 0.15) is 17.7 Å². The van der Waals surface area contributed by atoms with E-state index < -0.39 is 6.17 Å². The molecule has 2 fully saturated rings. The third-order valence-electron chi connectivity index (χ3n) is 5.28. The number of hydrogen-bond acceptors (Lipinski definition) is 6. The van der Waals surface area contributed by atoms with Crippen LogP contribution in [0.25, 0.3) is 0 Å². The molecule has 0 unspecified atom stereocenters. The predicted octanol–water partition coefficient (Wildman–Crippen LogP) is 2.50. The smallest absolute Gasteiger partial charge is 0.273 e. The first kappa shape index (κ1) is 17.2. The Morgan fingerprint density at radius 1 is 1.42 bits per heavy atom. The van der Waals surface area contributed by atoms with Crippen molar-refractivity contribution in [1.82, 2.24) is 20.4 Å². The van der Waals surface area contributed by atoms with Crippen LogP contribution in [-0.4, -0.2) is 46.3 Å². The number of nitrogens with zero attached hydrogens (tertiary/aromatic N) is 3. The number of aromatic nitrogens is 2. The maximum absolute atomic E-state index is 14.0. The Kier molecular flexibility index (Phi) is 4.52. The van der Waals surface area contributed by atoms with Gasteiger partial charge in [0.05, 0.1) is 5.69 Å². The molecule has 2 aromatic rings. The maximum Gasteiger partial charge on any atom is 0.273 e. The minimum Gasteiger partial charge on any atom is -0.447 e. The van der Waals surface area contributed by atoms with Gasteiger partial charge in [0.2, 0.25) is 0 Å². The van der Waals surface area contributed by atoms with Gasteiger partial charge in [-0.25, -0.2) is 9.37 Å². The number of oxazole rings is 1. The maximum atomic E-state index is 14.0. The molecule has 26 heavy (non-hydrogen) atoms. The van der Waals surface area contributed by atoms with Gasteiger partial charge in [-0.1, -0.05) is 5.16 Å². The largest absolute Gasteiger partial charge is 0.447 e. The van der Waals surface area contributed by atoms with Crippen molar-refractivity contribution in [3.05, 3.63) is 34.9 Å². The molecule has 0 spiro atoms. The fourth-order valence-corrected chi connectivity index (χ4v) is 3.61. The second-order valence-corrected chi connectivity index (χ2v) is 7.27. The quantitative estimate of drug-likeness (QED) is 0.850. The van der Waals surface area contributed by atoms with Crippen LogP contribution in [-0.2, 0) is 6.54 Å². The molecular formula is C18H23FN4O3. The third-order valence-corrected chi connectivity index (χ3v) is 5.28. The molecule has 2 aliphatic rings. The van der Waals surface area contributed by atoms with Crippen LogP contribution in [0, 0.1) is 13.8 Å². The number of likely N-dealkylation sites (tertiary alicyclic amines) is 1. The zero-order valence-corrected chi connectivity index (χ0v) is 15.0. The van der Waals surface area contributed by atoms with E-state index in [1.54, 1.807) is 0 Å². The molecule has 1 amide bonds. The van der Waals surface area contributed by atoms with E-state index in [2.05, 4.69) is 15.5 Å². The summed E-state index contributed by atoms with van der Waals surface area (Å²) in [6.45, 7) is 5.04. The van der Waals surface area contributed by atoms with Crippen LogP contribution in [0.1, 0.15) is 58.4 Å². The summed E-state index contributed by atoms with van der Waals surface area (Å²) >= 11 is 0. The number of hydrogen-bond donors (Lipinski definition) is 1. The second kappa shape index (κ2) is 6.83. The molecule has 3 heterocycles. The minimum atomic E-state index is -0.897. The Bertz CT molecular complexity index is 779. The highest BCUT2D eigenvalue weighted by Gasteiger charge is 2.35. The summed E-state index contributed by atoms with van der Waals surface area (Å²) in [5.74, 6) is 1.49. The van der Waals surface area contributed by atoms with E-state index in [0.717, 1.165) is 29.9 Å². The molecule has 0 radical (unpaired) electrons. The van der Waals surface area contributed by atoms with Gasteiger partial charge in [-0.3, -0.25) is 9.69 Å².